The smallest absolute Gasteiger partial charge is 0.378 e. The average molecular weight is 323 g/mol. The molecule has 21 heavy (non-hydrogen) atoms. The molecular formula is C13H14ClF3N2O2. The van der Waals surface area contributed by atoms with Crippen LogP contribution in [0.4, 0.5) is 24.5 Å². The first-order valence-corrected chi connectivity index (χ1v) is 6.63. The van der Waals surface area contributed by atoms with Gasteiger partial charge in [-0.1, -0.05) is 11.6 Å². The third-order valence-corrected chi connectivity index (χ3v) is 3.50. The lowest BCUT2D eigenvalue weighted by atomic mass is 10.1. The fourth-order valence-corrected chi connectivity index (χ4v) is 2.49. The number of alkyl halides is 3. The van der Waals surface area contributed by atoms with Crippen LogP contribution in [0, 0.1) is 0 Å². The summed E-state index contributed by atoms with van der Waals surface area (Å²) in [6, 6.07) is 2.24. The first kappa shape index (κ1) is 15.9. The molecule has 0 fully saturated rings. The summed E-state index contributed by atoms with van der Waals surface area (Å²) in [5.41, 5.74) is 0.710. The summed E-state index contributed by atoms with van der Waals surface area (Å²) in [6.45, 7) is 2.07. The number of hydrogen-bond donors (Lipinski definition) is 2. The van der Waals surface area contributed by atoms with Crippen LogP contribution in [0.2, 0.25) is 5.02 Å². The maximum absolute atomic E-state index is 12.7. The van der Waals surface area contributed by atoms with Crippen LogP contribution in [0.5, 0.6) is 0 Å². The Balaban J connectivity index is 2.44. The third-order valence-electron chi connectivity index (χ3n) is 3.20. The Kier molecular flexibility index (Phi) is 4.08. The van der Waals surface area contributed by atoms with Crippen molar-refractivity contribution in [1.82, 2.24) is 0 Å². The van der Waals surface area contributed by atoms with E-state index in [1.807, 2.05) is 0 Å². The number of aliphatic hydroxyl groups is 1. The fraction of sp³-hybridized carbons (Fsp3) is 0.462. The highest BCUT2D eigenvalue weighted by Crippen LogP contribution is 2.40. The molecule has 0 spiro atoms. The van der Waals surface area contributed by atoms with E-state index in [4.69, 9.17) is 11.6 Å². The number of halogens is 4. The molecule has 1 heterocycles. The molecule has 0 aliphatic carbocycles. The molecule has 1 aromatic carbocycles. The summed E-state index contributed by atoms with van der Waals surface area (Å²) < 4.78 is 38.1. The van der Waals surface area contributed by atoms with Crippen molar-refractivity contribution in [1.29, 1.82) is 0 Å². The molecule has 4 nitrogen and oxygen atoms in total. The fourth-order valence-electron chi connectivity index (χ4n) is 2.21. The van der Waals surface area contributed by atoms with Crippen molar-refractivity contribution in [3.63, 3.8) is 0 Å². The van der Waals surface area contributed by atoms with Gasteiger partial charge in [0, 0.05) is 17.3 Å². The summed E-state index contributed by atoms with van der Waals surface area (Å²) in [4.78, 5) is 12.5. The van der Waals surface area contributed by atoms with Crippen molar-refractivity contribution in [2.75, 3.05) is 16.8 Å². The summed E-state index contributed by atoms with van der Waals surface area (Å²) in [7, 11) is 0. The van der Waals surface area contributed by atoms with Crippen LogP contribution >= 0.6 is 11.6 Å². The Hall–Kier alpha value is -1.47. The number of benzene rings is 1. The van der Waals surface area contributed by atoms with E-state index < -0.39 is 30.8 Å². The molecule has 1 aromatic rings. The molecule has 0 saturated carbocycles. The third kappa shape index (κ3) is 3.24. The van der Waals surface area contributed by atoms with E-state index in [2.05, 4.69) is 5.32 Å². The number of amides is 1. The zero-order valence-corrected chi connectivity index (χ0v) is 12.1. The Bertz CT molecular complexity index is 575. The molecule has 0 radical (unpaired) electrons. The minimum Gasteiger partial charge on any atom is -0.378 e. The molecule has 0 aromatic heterocycles. The van der Waals surface area contributed by atoms with Gasteiger partial charge in [-0.2, -0.15) is 13.2 Å². The molecule has 8 heteroatoms. The zero-order chi connectivity index (χ0) is 15.9. The zero-order valence-electron chi connectivity index (χ0n) is 11.3. The van der Waals surface area contributed by atoms with E-state index >= 15 is 0 Å². The van der Waals surface area contributed by atoms with Crippen LogP contribution in [0.15, 0.2) is 12.1 Å². The number of hydrogen-bond acceptors (Lipinski definition) is 3. The molecule has 1 atom stereocenters. The number of carbonyl (C=O) groups excluding carboxylic acids is 1. The normalized spacial score (nSPS) is 17.9. The van der Waals surface area contributed by atoms with Crippen LogP contribution < -0.4 is 10.2 Å². The average Bonchev–Trinajstić information content (AvgIpc) is 2.61. The molecule has 1 aliphatic heterocycles. The van der Waals surface area contributed by atoms with Crippen molar-refractivity contribution in [3.8, 4) is 0 Å². The van der Waals surface area contributed by atoms with Gasteiger partial charge in [0.15, 0.2) is 6.10 Å². The van der Waals surface area contributed by atoms with Crippen LogP contribution in [0.1, 0.15) is 25.5 Å². The van der Waals surface area contributed by atoms with E-state index in [1.54, 1.807) is 13.8 Å². The summed E-state index contributed by atoms with van der Waals surface area (Å²) >= 11 is 6.03. The number of carbonyl (C=O) groups is 1. The second-order valence-corrected chi connectivity index (χ2v) is 5.53. The summed E-state index contributed by atoms with van der Waals surface area (Å²) in [5.74, 6) is -0.620. The van der Waals surface area contributed by atoms with Gasteiger partial charge in [0.25, 0.3) is 5.91 Å². The first-order valence-electron chi connectivity index (χ1n) is 6.26. The lowest BCUT2D eigenvalue weighted by molar-refractivity contribution is -0.123. The second kappa shape index (κ2) is 5.38. The van der Waals surface area contributed by atoms with Crippen LogP contribution in [-0.2, 0) is 4.79 Å². The monoisotopic (exact) mass is 322 g/mol. The van der Waals surface area contributed by atoms with Gasteiger partial charge in [-0.25, -0.2) is 0 Å². The van der Waals surface area contributed by atoms with Crippen molar-refractivity contribution in [2.24, 2.45) is 0 Å². The Labute approximate surface area is 124 Å². The van der Waals surface area contributed by atoms with Gasteiger partial charge in [-0.3, -0.25) is 4.79 Å². The van der Waals surface area contributed by atoms with Crippen LogP contribution in [0.25, 0.3) is 0 Å². The van der Waals surface area contributed by atoms with Gasteiger partial charge in [0.05, 0.1) is 10.7 Å². The van der Waals surface area contributed by atoms with Crippen LogP contribution in [0.3, 0.4) is 0 Å². The SMILES string of the molecule is CC(C)N(CC(F)(F)F)c1cc2c(cc1Cl)C(O)C(=O)N2. The van der Waals surface area contributed by atoms with Gasteiger partial charge in [0.1, 0.15) is 6.54 Å². The van der Waals surface area contributed by atoms with Gasteiger partial charge in [0.2, 0.25) is 0 Å². The Morgan fingerprint density at radius 2 is 2.05 bits per heavy atom. The van der Waals surface area contributed by atoms with E-state index in [1.165, 1.54) is 12.1 Å². The summed E-state index contributed by atoms with van der Waals surface area (Å²) in [6.07, 6.45) is -5.73. The Morgan fingerprint density at radius 3 is 2.57 bits per heavy atom. The van der Waals surface area contributed by atoms with Crippen molar-refractivity contribution < 1.29 is 23.1 Å². The highest BCUT2D eigenvalue weighted by atomic mass is 35.5. The lowest BCUT2D eigenvalue weighted by Gasteiger charge is -2.31. The van der Waals surface area contributed by atoms with Gasteiger partial charge >= 0.3 is 6.18 Å². The molecule has 0 bridgehead atoms. The number of aliphatic hydroxyl groups excluding tert-OH is 1. The van der Waals surface area contributed by atoms with Crippen molar-refractivity contribution >= 4 is 28.9 Å². The maximum atomic E-state index is 12.7. The number of anilines is 2. The molecule has 2 N–H and O–H groups in total. The standard InChI is InChI=1S/C13H14ClF3N2O2/c1-6(2)19(5-13(15,16)17)10-4-9-7(3-8(10)14)11(20)12(21)18-9/h3-4,6,11,20H,5H2,1-2H3,(H,18,21). The number of rotatable bonds is 3. The van der Waals surface area contributed by atoms with Crippen molar-refractivity contribution in [2.45, 2.75) is 32.2 Å². The topological polar surface area (TPSA) is 52.6 Å². The maximum Gasteiger partial charge on any atom is 0.405 e. The van der Waals surface area contributed by atoms with Crippen LogP contribution in [-0.4, -0.2) is 29.8 Å². The number of nitrogens with zero attached hydrogens (tertiary/aromatic N) is 1. The van der Waals surface area contributed by atoms with E-state index in [0.29, 0.717) is 0 Å². The molecule has 116 valence electrons. The highest BCUT2D eigenvalue weighted by Gasteiger charge is 2.35. The number of nitrogens with one attached hydrogen (secondary N) is 1. The predicted molar refractivity (Wildman–Crippen MR) is 73.6 cm³/mol. The van der Waals surface area contributed by atoms with E-state index in [-0.39, 0.29) is 22.0 Å². The molecule has 0 saturated heterocycles. The van der Waals surface area contributed by atoms with E-state index in [9.17, 15) is 23.1 Å². The molecule has 1 amide bonds. The lowest BCUT2D eigenvalue weighted by Crippen LogP contribution is -2.39. The minimum atomic E-state index is -4.38. The molecular weight excluding hydrogens is 309 g/mol. The largest absolute Gasteiger partial charge is 0.405 e. The minimum absolute atomic E-state index is 0.0576. The number of fused-ring (bicyclic) bond motifs is 1. The second-order valence-electron chi connectivity index (χ2n) is 5.12. The molecule has 1 unspecified atom stereocenters. The van der Waals surface area contributed by atoms with Gasteiger partial charge in [-0.15, -0.1) is 0 Å². The first-order chi connectivity index (χ1) is 9.60. The molecule has 2 rings (SSSR count). The van der Waals surface area contributed by atoms with E-state index in [0.717, 1.165) is 4.90 Å². The van der Waals surface area contributed by atoms with Crippen molar-refractivity contribution in [3.05, 3.63) is 22.7 Å². The van der Waals surface area contributed by atoms with Gasteiger partial charge < -0.3 is 15.3 Å². The highest BCUT2D eigenvalue weighted by molar-refractivity contribution is 6.33. The summed E-state index contributed by atoms with van der Waals surface area (Å²) in [5, 5.41) is 12.1. The van der Waals surface area contributed by atoms with Gasteiger partial charge in [-0.05, 0) is 26.0 Å². The predicted octanol–water partition coefficient (Wildman–Crippen LogP) is 3.10. The quantitative estimate of drug-likeness (QED) is 0.899. The molecule has 1 aliphatic rings. The Morgan fingerprint density at radius 1 is 1.43 bits per heavy atom.